The summed E-state index contributed by atoms with van der Waals surface area (Å²) in [7, 11) is 0. The van der Waals surface area contributed by atoms with Crippen LogP contribution < -0.4 is 5.32 Å². The first-order valence-corrected chi connectivity index (χ1v) is 7.17. The molecule has 0 saturated carbocycles. The van der Waals surface area contributed by atoms with E-state index in [1.165, 1.54) is 37.1 Å². The van der Waals surface area contributed by atoms with Gasteiger partial charge in [-0.3, -0.25) is 9.69 Å². The number of likely N-dealkylation sites (tertiary alicyclic amines) is 1. The quantitative estimate of drug-likeness (QED) is 0.902. The van der Waals surface area contributed by atoms with Gasteiger partial charge in [-0.1, -0.05) is 6.07 Å². The maximum absolute atomic E-state index is 12.1. The van der Waals surface area contributed by atoms with Gasteiger partial charge >= 0.3 is 0 Å². The number of aryl methyl sites for hydroxylation is 2. The highest BCUT2D eigenvalue weighted by Crippen LogP contribution is 2.12. The summed E-state index contributed by atoms with van der Waals surface area (Å²) in [6, 6.07) is 6.30. The summed E-state index contributed by atoms with van der Waals surface area (Å²) in [6.07, 6.45) is 2.57. The van der Waals surface area contributed by atoms with Crippen molar-refractivity contribution in [2.45, 2.75) is 39.7 Å². The maximum atomic E-state index is 12.1. The van der Waals surface area contributed by atoms with Crippen LogP contribution in [-0.2, 0) is 0 Å². The SMILES string of the molecule is Cc1ccc(C(=O)NCC(C)N2CCCC2)cc1C. The molecule has 1 aromatic rings. The third-order valence-corrected chi connectivity index (χ3v) is 4.09. The van der Waals surface area contributed by atoms with Crippen LogP contribution in [0.3, 0.4) is 0 Å². The molecule has 1 heterocycles. The molecule has 1 amide bonds. The van der Waals surface area contributed by atoms with Crippen molar-refractivity contribution in [3.05, 3.63) is 34.9 Å². The van der Waals surface area contributed by atoms with Gasteiger partial charge in [-0.05, 0) is 70.0 Å². The van der Waals surface area contributed by atoms with Gasteiger partial charge in [0, 0.05) is 18.2 Å². The number of rotatable bonds is 4. The van der Waals surface area contributed by atoms with Gasteiger partial charge in [0.25, 0.3) is 5.91 Å². The van der Waals surface area contributed by atoms with Gasteiger partial charge in [0.2, 0.25) is 0 Å². The Morgan fingerprint density at radius 1 is 1.26 bits per heavy atom. The highest BCUT2D eigenvalue weighted by molar-refractivity contribution is 5.94. The number of hydrogen-bond donors (Lipinski definition) is 1. The van der Waals surface area contributed by atoms with E-state index in [-0.39, 0.29) is 5.91 Å². The minimum Gasteiger partial charge on any atom is -0.350 e. The largest absolute Gasteiger partial charge is 0.350 e. The molecule has 1 unspecified atom stereocenters. The molecule has 1 saturated heterocycles. The molecule has 0 spiro atoms. The smallest absolute Gasteiger partial charge is 0.251 e. The lowest BCUT2D eigenvalue weighted by molar-refractivity contribution is 0.0940. The lowest BCUT2D eigenvalue weighted by atomic mass is 10.1. The fourth-order valence-corrected chi connectivity index (χ4v) is 2.54. The normalized spacial score (nSPS) is 17.4. The minimum absolute atomic E-state index is 0.0362. The Morgan fingerprint density at radius 2 is 1.95 bits per heavy atom. The molecule has 1 N–H and O–H groups in total. The van der Waals surface area contributed by atoms with Crippen molar-refractivity contribution in [2.75, 3.05) is 19.6 Å². The number of nitrogens with one attached hydrogen (secondary N) is 1. The highest BCUT2D eigenvalue weighted by Gasteiger charge is 2.18. The molecule has 2 rings (SSSR count). The molecule has 1 aliphatic heterocycles. The van der Waals surface area contributed by atoms with Crippen molar-refractivity contribution in [1.82, 2.24) is 10.2 Å². The van der Waals surface area contributed by atoms with Crippen LogP contribution in [0.1, 0.15) is 41.3 Å². The van der Waals surface area contributed by atoms with Gasteiger partial charge < -0.3 is 5.32 Å². The summed E-state index contributed by atoms with van der Waals surface area (Å²) < 4.78 is 0. The monoisotopic (exact) mass is 260 g/mol. The average Bonchev–Trinajstić information content (AvgIpc) is 2.92. The summed E-state index contributed by atoms with van der Waals surface area (Å²) in [4.78, 5) is 14.5. The second kappa shape index (κ2) is 6.20. The highest BCUT2D eigenvalue weighted by atomic mass is 16.1. The first kappa shape index (κ1) is 14.1. The van der Waals surface area contributed by atoms with E-state index in [2.05, 4.69) is 24.1 Å². The minimum atomic E-state index is 0.0362. The third kappa shape index (κ3) is 3.57. The molecule has 0 aliphatic carbocycles. The van der Waals surface area contributed by atoms with Crippen LogP contribution in [0.4, 0.5) is 0 Å². The van der Waals surface area contributed by atoms with Crippen molar-refractivity contribution < 1.29 is 4.79 Å². The molecular weight excluding hydrogens is 236 g/mol. The molecular formula is C16H24N2O. The molecule has 19 heavy (non-hydrogen) atoms. The van der Waals surface area contributed by atoms with Crippen LogP contribution in [0.15, 0.2) is 18.2 Å². The van der Waals surface area contributed by atoms with E-state index in [1.807, 2.05) is 25.1 Å². The van der Waals surface area contributed by atoms with Gasteiger partial charge in [0.1, 0.15) is 0 Å². The van der Waals surface area contributed by atoms with E-state index < -0.39 is 0 Å². The van der Waals surface area contributed by atoms with Crippen LogP contribution in [0.5, 0.6) is 0 Å². The standard InChI is InChI=1S/C16H24N2O/c1-12-6-7-15(10-13(12)2)16(19)17-11-14(3)18-8-4-5-9-18/h6-7,10,14H,4-5,8-9,11H2,1-3H3,(H,17,19). The van der Waals surface area contributed by atoms with Gasteiger partial charge in [-0.2, -0.15) is 0 Å². The van der Waals surface area contributed by atoms with E-state index in [1.54, 1.807) is 0 Å². The van der Waals surface area contributed by atoms with Crippen LogP contribution in [-0.4, -0.2) is 36.5 Å². The summed E-state index contributed by atoms with van der Waals surface area (Å²) >= 11 is 0. The lowest BCUT2D eigenvalue weighted by Crippen LogP contribution is -2.40. The lowest BCUT2D eigenvalue weighted by Gasteiger charge is -2.23. The van der Waals surface area contributed by atoms with Crippen LogP contribution in [0.25, 0.3) is 0 Å². The molecule has 0 radical (unpaired) electrons. The summed E-state index contributed by atoms with van der Waals surface area (Å²) in [6.45, 7) is 9.35. The molecule has 104 valence electrons. The van der Waals surface area contributed by atoms with Crippen molar-refractivity contribution in [3.63, 3.8) is 0 Å². The van der Waals surface area contributed by atoms with Crippen molar-refractivity contribution >= 4 is 5.91 Å². The predicted octanol–water partition coefficient (Wildman–Crippen LogP) is 2.52. The number of amides is 1. The molecule has 1 aliphatic rings. The second-order valence-corrected chi connectivity index (χ2v) is 5.60. The molecule has 1 fully saturated rings. The Bertz CT molecular complexity index is 450. The van der Waals surface area contributed by atoms with Crippen LogP contribution in [0, 0.1) is 13.8 Å². The number of nitrogens with zero attached hydrogens (tertiary/aromatic N) is 1. The van der Waals surface area contributed by atoms with Gasteiger partial charge in [0.05, 0.1) is 0 Å². The topological polar surface area (TPSA) is 32.3 Å². The molecule has 3 nitrogen and oxygen atoms in total. The van der Waals surface area contributed by atoms with E-state index in [9.17, 15) is 4.79 Å². The molecule has 1 atom stereocenters. The van der Waals surface area contributed by atoms with Crippen molar-refractivity contribution in [1.29, 1.82) is 0 Å². The number of hydrogen-bond acceptors (Lipinski definition) is 2. The Hall–Kier alpha value is -1.35. The zero-order chi connectivity index (χ0) is 13.8. The zero-order valence-electron chi connectivity index (χ0n) is 12.2. The number of carbonyl (C=O) groups excluding carboxylic acids is 1. The fraction of sp³-hybridized carbons (Fsp3) is 0.562. The number of benzene rings is 1. The van der Waals surface area contributed by atoms with Gasteiger partial charge in [-0.15, -0.1) is 0 Å². The summed E-state index contributed by atoms with van der Waals surface area (Å²) in [5, 5.41) is 3.04. The Labute approximate surface area is 116 Å². The Kier molecular flexibility index (Phi) is 4.59. The van der Waals surface area contributed by atoms with Gasteiger partial charge in [0.15, 0.2) is 0 Å². The summed E-state index contributed by atoms with van der Waals surface area (Å²) in [5.74, 6) is 0.0362. The molecule has 0 bridgehead atoms. The molecule has 1 aromatic carbocycles. The van der Waals surface area contributed by atoms with E-state index in [0.717, 1.165) is 12.1 Å². The fourth-order valence-electron chi connectivity index (χ4n) is 2.54. The second-order valence-electron chi connectivity index (χ2n) is 5.60. The van der Waals surface area contributed by atoms with Crippen LogP contribution >= 0.6 is 0 Å². The molecule has 0 aromatic heterocycles. The predicted molar refractivity (Wildman–Crippen MR) is 78.5 cm³/mol. The zero-order valence-corrected chi connectivity index (χ0v) is 12.2. The first-order chi connectivity index (χ1) is 9.08. The van der Waals surface area contributed by atoms with E-state index in [4.69, 9.17) is 0 Å². The number of carbonyl (C=O) groups is 1. The third-order valence-electron chi connectivity index (χ3n) is 4.09. The Morgan fingerprint density at radius 3 is 2.58 bits per heavy atom. The van der Waals surface area contributed by atoms with Crippen molar-refractivity contribution in [2.24, 2.45) is 0 Å². The molecule has 3 heteroatoms. The van der Waals surface area contributed by atoms with E-state index in [0.29, 0.717) is 6.04 Å². The van der Waals surface area contributed by atoms with Gasteiger partial charge in [-0.25, -0.2) is 0 Å². The average molecular weight is 260 g/mol. The maximum Gasteiger partial charge on any atom is 0.251 e. The van der Waals surface area contributed by atoms with Crippen LogP contribution in [0.2, 0.25) is 0 Å². The first-order valence-electron chi connectivity index (χ1n) is 7.17. The van der Waals surface area contributed by atoms with Crippen molar-refractivity contribution in [3.8, 4) is 0 Å². The van der Waals surface area contributed by atoms with E-state index >= 15 is 0 Å². The Balaban J connectivity index is 1.88. The summed E-state index contributed by atoms with van der Waals surface area (Å²) in [5.41, 5.74) is 3.15.